The van der Waals surface area contributed by atoms with Crippen LogP contribution in [0.1, 0.15) is 11.4 Å². The molecule has 3 aromatic rings. The molecule has 0 amide bonds. The summed E-state index contributed by atoms with van der Waals surface area (Å²) in [5, 5.41) is 4.36. The number of fused-ring (bicyclic) bond motifs is 1. The summed E-state index contributed by atoms with van der Waals surface area (Å²) in [6.45, 7) is 4.71. The summed E-state index contributed by atoms with van der Waals surface area (Å²) in [6, 6.07) is 6.11. The molecule has 0 N–H and O–H groups in total. The second kappa shape index (κ2) is 6.34. The van der Waals surface area contributed by atoms with Gasteiger partial charge in [0.25, 0.3) is 0 Å². The van der Waals surface area contributed by atoms with E-state index in [4.69, 9.17) is 0 Å². The highest BCUT2D eigenvalue weighted by Gasteiger charge is 2.23. The van der Waals surface area contributed by atoms with Crippen molar-refractivity contribution in [2.24, 2.45) is 5.92 Å². The Hall–Kier alpha value is -2.47. The largest absolute Gasteiger partial charge is 0.333 e. The quantitative estimate of drug-likeness (QED) is 0.737. The van der Waals surface area contributed by atoms with Crippen LogP contribution < -0.4 is 0 Å². The molecule has 118 valence electrons. The van der Waals surface area contributed by atoms with Crippen molar-refractivity contribution >= 4 is 0 Å². The minimum absolute atomic E-state index is 0.502. The van der Waals surface area contributed by atoms with Crippen molar-refractivity contribution in [3.8, 4) is 0 Å². The Balaban J connectivity index is 1.54. The van der Waals surface area contributed by atoms with Gasteiger partial charge in [-0.05, 0) is 17.7 Å². The predicted octanol–water partition coefficient (Wildman–Crippen LogP) is 1.81. The van der Waals surface area contributed by atoms with E-state index < -0.39 is 0 Å². The molecule has 0 saturated carbocycles. The minimum Gasteiger partial charge on any atom is -0.333 e. The molecule has 1 atom stereocenters. The van der Waals surface area contributed by atoms with Gasteiger partial charge in [-0.15, -0.1) is 0 Å². The Morgan fingerprint density at radius 1 is 1.09 bits per heavy atom. The highest BCUT2D eigenvalue weighted by atomic mass is 15.3. The fourth-order valence-electron chi connectivity index (χ4n) is 3.28. The van der Waals surface area contributed by atoms with E-state index in [1.165, 1.54) is 5.56 Å². The maximum absolute atomic E-state index is 4.52. The number of imidazole rings is 1. The smallest absolute Gasteiger partial charge is 0.122 e. The first-order valence-electron chi connectivity index (χ1n) is 7.95. The van der Waals surface area contributed by atoms with Crippen LogP contribution in [0.2, 0.25) is 0 Å². The van der Waals surface area contributed by atoms with Crippen molar-refractivity contribution in [1.29, 1.82) is 0 Å². The van der Waals surface area contributed by atoms with E-state index in [0.29, 0.717) is 5.92 Å². The van der Waals surface area contributed by atoms with Gasteiger partial charge in [-0.1, -0.05) is 6.07 Å². The van der Waals surface area contributed by atoms with Crippen LogP contribution in [0.3, 0.4) is 0 Å². The van der Waals surface area contributed by atoms with Crippen LogP contribution in [0.15, 0.2) is 55.4 Å². The molecule has 0 radical (unpaired) electrons. The van der Waals surface area contributed by atoms with Crippen molar-refractivity contribution < 1.29 is 0 Å². The topological polar surface area (TPSA) is 51.8 Å². The SMILES string of the molecule is c1cncc(CN2Cc3nccn3C[C@@H](Cn3cccn3)C2)c1. The zero-order chi connectivity index (χ0) is 15.5. The van der Waals surface area contributed by atoms with E-state index in [1.54, 1.807) is 0 Å². The summed E-state index contributed by atoms with van der Waals surface area (Å²) in [6.07, 6.45) is 11.6. The molecule has 0 spiro atoms. The first-order chi connectivity index (χ1) is 11.4. The summed E-state index contributed by atoms with van der Waals surface area (Å²) in [5.74, 6) is 1.64. The van der Waals surface area contributed by atoms with Crippen molar-refractivity contribution in [3.63, 3.8) is 0 Å². The Kier molecular flexibility index (Phi) is 3.90. The van der Waals surface area contributed by atoms with E-state index in [9.17, 15) is 0 Å². The predicted molar refractivity (Wildman–Crippen MR) is 86.3 cm³/mol. The lowest BCUT2D eigenvalue weighted by Crippen LogP contribution is -2.30. The molecule has 6 heteroatoms. The van der Waals surface area contributed by atoms with Gasteiger partial charge in [0.05, 0.1) is 6.54 Å². The molecule has 0 unspecified atom stereocenters. The maximum Gasteiger partial charge on any atom is 0.122 e. The molecule has 3 aromatic heterocycles. The number of hydrogen-bond acceptors (Lipinski definition) is 4. The van der Waals surface area contributed by atoms with Gasteiger partial charge in [0.2, 0.25) is 0 Å². The van der Waals surface area contributed by atoms with Crippen LogP contribution >= 0.6 is 0 Å². The molecular weight excluding hydrogens is 288 g/mol. The molecule has 4 rings (SSSR count). The molecule has 0 aliphatic carbocycles. The highest BCUT2D eigenvalue weighted by molar-refractivity contribution is 5.09. The average Bonchev–Trinajstić information content (AvgIpc) is 3.18. The zero-order valence-electron chi connectivity index (χ0n) is 13.0. The fourth-order valence-corrected chi connectivity index (χ4v) is 3.28. The van der Waals surface area contributed by atoms with Crippen molar-refractivity contribution in [2.45, 2.75) is 26.2 Å². The maximum atomic E-state index is 4.52. The van der Waals surface area contributed by atoms with Gasteiger partial charge < -0.3 is 4.57 Å². The van der Waals surface area contributed by atoms with E-state index >= 15 is 0 Å². The van der Waals surface area contributed by atoms with Crippen molar-refractivity contribution in [3.05, 3.63) is 66.8 Å². The molecule has 0 fully saturated rings. The van der Waals surface area contributed by atoms with Gasteiger partial charge in [-0.25, -0.2) is 4.98 Å². The standard InChI is InChI=1S/C17H20N6/c1-3-15(9-18-4-1)10-21-11-16(13-23-7-2-5-20-23)12-22-8-6-19-17(22)14-21/h1-9,16H,10-14H2/t16-/m0/s1. The van der Waals surface area contributed by atoms with Crippen molar-refractivity contribution in [1.82, 2.24) is 29.2 Å². The molecule has 0 saturated heterocycles. The van der Waals surface area contributed by atoms with E-state index in [-0.39, 0.29) is 0 Å². The van der Waals surface area contributed by atoms with E-state index in [2.05, 4.69) is 36.8 Å². The first kappa shape index (κ1) is 14.1. The second-order valence-electron chi connectivity index (χ2n) is 6.12. The number of hydrogen-bond donors (Lipinski definition) is 0. The Morgan fingerprint density at radius 3 is 2.91 bits per heavy atom. The Labute approximate surface area is 135 Å². The highest BCUT2D eigenvalue weighted by Crippen LogP contribution is 2.18. The molecule has 0 bridgehead atoms. The van der Waals surface area contributed by atoms with Crippen LogP contribution in [0.4, 0.5) is 0 Å². The number of rotatable bonds is 4. The third-order valence-electron chi connectivity index (χ3n) is 4.27. The summed E-state index contributed by atoms with van der Waals surface area (Å²) in [4.78, 5) is 11.2. The van der Waals surface area contributed by atoms with Gasteiger partial charge in [0.15, 0.2) is 0 Å². The van der Waals surface area contributed by atoms with Crippen LogP contribution in [-0.4, -0.2) is 35.8 Å². The van der Waals surface area contributed by atoms with Crippen LogP contribution in [0.25, 0.3) is 0 Å². The lowest BCUT2D eigenvalue weighted by molar-refractivity contribution is 0.205. The van der Waals surface area contributed by atoms with E-state index in [0.717, 1.165) is 38.5 Å². The normalized spacial score (nSPS) is 18.5. The first-order valence-corrected chi connectivity index (χ1v) is 7.95. The molecule has 6 nitrogen and oxygen atoms in total. The monoisotopic (exact) mass is 308 g/mol. The Bertz CT molecular complexity index is 734. The van der Waals surface area contributed by atoms with Gasteiger partial charge in [-0.3, -0.25) is 14.6 Å². The molecule has 4 heterocycles. The molecule has 0 aromatic carbocycles. The molecule has 23 heavy (non-hydrogen) atoms. The third kappa shape index (κ3) is 3.32. The van der Waals surface area contributed by atoms with Crippen LogP contribution in [0, 0.1) is 5.92 Å². The molecule has 1 aliphatic rings. The summed E-state index contributed by atoms with van der Waals surface area (Å²) >= 11 is 0. The zero-order valence-corrected chi connectivity index (χ0v) is 13.0. The van der Waals surface area contributed by atoms with Gasteiger partial charge >= 0.3 is 0 Å². The number of nitrogens with zero attached hydrogens (tertiary/aromatic N) is 6. The van der Waals surface area contributed by atoms with Gasteiger partial charge in [0.1, 0.15) is 5.82 Å². The molecule has 1 aliphatic heterocycles. The lowest BCUT2D eigenvalue weighted by atomic mass is 10.1. The Morgan fingerprint density at radius 2 is 2.09 bits per heavy atom. The fraction of sp³-hybridized carbons (Fsp3) is 0.353. The number of pyridine rings is 1. The van der Waals surface area contributed by atoms with Crippen LogP contribution in [0.5, 0.6) is 0 Å². The van der Waals surface area contributed by atoms with Gasteiger partial charge in [-0.2, -0.15) is 5.10 Å². The lowest BCUT2D eigenvalue weighted by Gasteiger charge is -2.23. The van der Waals surface area contributed by atoms with Crippen LogP contribution in [-0.2, 0) is 26.2 Å². The second-order valence-corrected chi connectivity index (χ2v) is 6.12. The minimum atomic E-state index is 0.502. The molecular formula is C17H20N6. The average molecular weight is 308 g/mol. The summed E-state index contributed by atoms with van der Waals surface area (Å²) in [5.41, 5.74) is 1.24. The van der Waals surface area contributed by atoms with E-state index in [1.807, 2.05) is 47.8 Å². The number of aromatic nitrogens is 5. The van der Waals surface area contributed by atoms with Crippen molar-refractivity contribution in [2.75, 3.05) is 6.54 Å². The van der Waals surface area contributed by atoms with Gasteiger partial charge in [0, 0.05) is 69.3 Å². The summed E-state index contributed by atoms with van der Waals surface area (Å²) < 4.78 is 4.30. The summed E-state index contributed by atoms with van der Waals surface area (Å²) in [7, 11) is 0. The third-order valence-corrected chi connectivity index (χ3v) is 4.27.